The molecule has 0 spiro atoms. The molecule has 1 heterocycles. The first kappa shape index (κ1) is 9.47. The molecule has 0 nitrogen and oxygen atoms in total. The summed E-state index contributed by atoms with van der Waals surface area (Å²) in [6, 6.07) is 0. The summed E-state index contributed by atoms with van der Waals surface area (Å²) in [4.78, 5) is 1.49. The molecular formula is C11H13BrS. The molecule has 1 unspecified atom stereocenters. The highest BCUT2D eigenvalue weighted by Gasteiger charge is 2.27. The molecule has 0 saturated heterocycles. The van der Waals surface area contributed by atoms with E-state index in [1.165, 1.54) is 25.4 Å². The minimum atomic E-state index is 0.623. The van der Waals surface area contributed by atoms with Gasteiger partial charge in [-0.25, -0.2) is 0 Å². The lowest BCUT2D eigenvalue weighted by Gasteiger charge is -2.06. The Kier molecular flexibility index (Phi) is 2.16. The molecular weight excluding hydrogens is 244 g/mol. The fourth-order valence-electron chi connectivity index (χ4n) is 2.02. The average molecular weight is 257 g/mol. The van der Waals surface area contributed by atoms with Gasteiger partial charge in [-0.15, -0.1) is 11.3 Å². The molecule has 1 aliphatic rings. The van der Waals surface area contributed by atoms with Crippen LogP contribution in [0, 0.1) is 6.92 Å². The summed E-state index contributed by atoms with van der Waals surface area (Å²) >= 11 is 5.49. The highest BCUT2D eigenvalue weighted by molar-refractivity contribution is 9.11. The molecule has 0 aliphatic heterocycles. The van der Waals surface area contributed by atoms with E-state index in [1.807, 2.05) is 11.3 Å². The number of halogens is 1. The second kappa shape index (κ2) is 2.96. The summed E-state index contributed by atoms with van der Waals surface area (Å²) in [7, 11) is 0. The van der Waals surface area contributed by atoms with Crippen LogP contribution in [0.5, 0.6) is 0 Å². The van der Waals surface area contributed by atoms with Crippen molar-refractivity contribution in [2.75, 3.05) is 0 Å². The summed E-state index contributed by atoms with van der Waals surface area (Å²) < 4.78 is 1.30. The number of fused-ring (bicyclic) bond motifs is 1. The average Bonchev–Trinajstić information content (AvgIpc) is 2.48. The molecule has 2 rings (SSSR count). The molecule has 1 atom stereocenters. The standard InChI is InChI=1S/C11H13BrS/c1-5-6(2)9-8(4)11(12)13-10(9)7(5)3/h6H,1-4H3. The van der Waals surface area contributed by atoms with Crippen molar-refractivity contribution < 1.29 is 0 Å². The van der Waals surface area contributed by atoms with Gasteiger partial charge in [0, 0.05) is 10.8 Å². The highest BCUT2D eigenvalue weighted by atomic mass is 79.9. The number of hydrogen-bond donors (Lipinski definition) is 0. The molecule has 70 valence electrons. The highest BCUT2D eigenvalue weighted by Crippen LogP contribution is 2.49. The Labute approximate surface area is 91.8 Å². The summed E-state index contributed by atoms with van der Waals surface area (Å²) in [5.74, 6) is 0.623. The Hall–Kier alpha value is -0.0800. The molecule has 0 bridgehead atoms. The second-order valence-electron chi connectivity index (χ2n) is 3.77. The Bertz CT molecular complexity index is 398. The lowest BCUT2D eigenvalue weighted by atomic mass is 9.98. The topological polar surface area (TPSA) is 0 Å². The summed E-state index contributed by atoms with van der Waals surface area (Å²) in [5, 5.41) is 0. The van der Waals surface area contributed by atoms with Crippen LogP contribution in [0.3, 0.4) is 0 Å². The van der Waals surface area contributed by atoms with Gasteiger partial charge in [-0.2, -0.15) is 0 Å². The number of thiophene rings is 1. The third-order valence-electron chi connectivity index (χ3n) is 3.15. The van der Waals surface area contributed by atoms with Gasteiger partial charge in [0.15, 0.2) is 0 Å². The van der Waals surface area contributed by atoms with Gasteiger partial charge >= 0.3 is 0 Å². The predicted octanol–water partition coefficient (Wildman–Crippen LogP) is 4.73. The van der Waals surface area contributed by atoms with E-state index in [0.29, 0.717) is 5.92 Å². The van der Waals surface area contributed by atoms with Crippen molar-refractivity contribution in [3.8, 4) is 0 Å². The van der Waals surface area contributed by atoms with Gasteiger partial charge in [0.2, 0.25) is 0 Å². The zero-order valence-corrected chi connectivity index (χ0v) is 10.8. The van der Waals surface area contributed by atoms with Gasteiger partial charge in [-0.3, -0.25) is 0 Å². The maximum absolute atomic E-state index is 3.61. The Morgan fingerprint density at radius 3 is 2.38 bits per heavy atom. The summed E-state index contributed by atoms with van der Waals surface area (Å²) in [5.41, 5.74) is 6.01. The molecule has 0 radical (unpaired) electrons. The number of rotatable bonds is 0. The third-order valence-corrected chi connectivity index (χ3v) is 5.45. The molecule has 0 N–H and O–H groups in total. The van der Waals surface area contributed by atoms with Crippen LogP contribution in [0.1, 0.15) is 42.7 Å². The normalized spacial score (nSPS) is 21.2. The van der Waals surface area contributed by atoms with E-state index in [2.05, 4.69) is 43.6 Å². The molecule has 1 aromatic heterocycles. The lowest BCUT2D eigenvalue weighted by Crippen LogP contribution is -1.90. The number of hydrogen-bond acceptors (Lipinski definition) is 1. The molecule has 1 aromatic rings. The SMILES string of the molecule is CC1=C(C)C(C)c2c1sc(Br)c2C. The van der Waals surface area contributed by atoms with Crippen molar-refractivity contribution in [1.29, 1.82) is 0 Å². The number of allylic oxidation sites excluding steroid dienone is 2. The summed E-state index contributed by atoms with van der Waals surface area (Å²) in [6.07, 6.45) is 0. The Balaban J connectivity index is 2.70. The molecule has 1 aliphatic carbocycles. The maximum atomic E-state index is 3.61. The first-order valence-electron chi connectivity index (χ1n) is 4.50. The van der Waals surface area contributed by atoms with Crippen molar-refractivity contribution in [3.05, 3.63) is 25.4 Å². The first-order chi connectivity index (χ1) is 6.04. The molecule has 2 heteroatoms. The minimum absolute atomic E-state index is 0.623. The maximum Gasteiger partial charge on any atom is 0.0737 e. The third kappa shape index (κ3) is 1.15. The van der Waals surface area contributed by atoms with Gasteiger partial charge in [-0.1, -0.05) is 12.5 Å². The molecule has 0 saturated carbocycles. The molecule has 0 aromatic carbocycles. The fourth-order valence-corrected chi connectivity index (χ4v) is 3.91. The fraction of sp³-hybridized carbons (Fsp3) is 0.455. The van der Waals surface area contributed by atoms with Crippen LogP contribution in [0.15, 0.2) is 9.36 Å². The molecule has 13 heavy (non-hydrogen) atoms. The van der Waals surface area contributed by atoms with Crippen molar-refractivity contribution >= 4 is 32.8 Å². The Morgan fingerprint density at radius 2 is 1.85 bits per heavy atom. The van der Waals surface area contributed by atoms with E-state index in [-0.39, 0.29) is 0 Å². The molecule has 0 amide bonds. The first-order valence-corrected chi connectivity index (χ1v) is 6.11. The zero-order valence-electron chi connectivity index (χ0n) is 8.36. The summed E-state index contributed by atoms with van der Waals surface area (Å²) in [6.45, 7) is 9.00. The van der Waals surface area contributed by atoms with Crippen LogP contribution in [0.2, 0.25) is 0 Å². The van der Waals surface area contributed by atoms with Gasteiger partial charge in [0.1, 0.15) is 0 Å². The van der Waals surface area contributed by atoms with Gasteiger partial charge < -0.3 is 0 Å². The van der Waals surface area contributed by atoms with E-state index in [1.54, 1.807) is 5.56 Å². The van der Waals surface area contributed by atoms with Crippen molar-refractivity contribution in [2.45, 2.75) is 33.6 Å². The van der Waals surface area contributed by atoms with Crippen LogP contribution in [-0.2, 0) is 0 Å². The monoisotopic (exact) mass is 256 g/mol. The quantitative estimate of drug-likeness (QED) is 0.630. The van der Waals surface area contributed by atoms with Gasteiger partial charge in [-0.05, 0) is 53.4 Å². The van der Waals surface area contributed by atoms with E-state index >= 15 is 0 Å². The van der Waals surface area contributed by atoms with Crippen LogP contribution >= 0.6 is 27.3 Å². The largest absolute Gasteiger partial charge is 0.128 e. The molecule has 0 fully saturated rings. The zero-order chi connectivity index (χ0) is 9.75. The van der Waals surface area contributed by atoms with E-state index in [0.717, 1.165) is 0 Å². The minimum Gasteiger partial charge on any atom is -0.128 e. The van der Waals surface area contributed by atoms with Crippen molar-refractivity contribution in [1.82, 2.24) is 0 Å². The van der Waals surface area contributed by atoms with Gasteiger partial charge in [0.05, 0.1) is 3.79 Å². The van der Waals surface area contributed by atoms with Crippen LogP contribution in [-0.4, -0.2) is 0 Å². The lowest BCUT2D eigenvalue weighted by molar-refractivity contribution is 0.912. The van der Waals surface area contributed by atoms with Gasteiger partial charge in [0.25, 0.3) is 0 Å². The second-order valence-corrected chi connectivity index (χ2v) is 6.11. The van der Waals surface area contributed by atoms with Crippen molar-refractivity contribution in [3.63, 3.8) is 0 Å². The van der Waals surface area contributed by atoms with Crippen LogP contribution in [0.4, 0.5) is 0 Å². The van der Waals surface area contributed by atoms with Crippen LogP contribution < -0.4 is 0 Å². The predicted molar refractivity (Wildman–Crippen MR) is 63.4 cm³/mol. The van der Waals surface area contributed by atoms with Crippen molar-refractivity contribution in [2.24, 2.45) is 0 Å². The Morgan fingerprint density at radius 1 is 1.23 bits per heavy atom. The van der Waals surface area contributed by atoms with E-state index < -0.39 is 0 Å². The smallest absolute Gasteiger partial charge is 0.0737 e. The van der Waals surface area contributed by atoms with Crippen LogP contribution in [0.25, 0.3) is 5.57 Å². The van der Waals surface area contributed by atoms with E-state index in [4.69, 9.17) is 0 Å². The van der Waals surface area contributed by atoms with E-state index in [9.17, 15) is 0 Å².